The molecule has 1 aliphatic rings. The van der Waals surface area contributed by atoms with Crippen molar-refractivity contribution in [2.24, 2.45) is 5.73 Å². The summed E-state index contributed by atoms with van der Waals surface area (Å²) in [4.78, 5) is 20.7. The first-order valence-electron chi connectivity index (χ1n) is 6.29. The molecule has 1 aliphatic heterocycles. The van der Waals surface area contributed by atoms with E-state index >= 15 is 0 Å². The standard InChI is InChI=1S/C12H20N4OS.2ClH/c1-9(2)15-3-5-16(6-4-15)12(17)10-8-18-11(7-13)14-10;;/h8-9H,3-7,13H2,1-2H3;2*1H. The summed E-state index contributed by atoms with van der Waals surface area (Å²) in [6.45, 7) is 8.23. The Balaban J connectivity index is 0.00000180. The Labute approximate surface area is 136 Å². The highest BCUT2D eigenvalue weighted by Crippen LogP contribution is 2.13. The number of rotatable bonds is 3. The van der Waals surface area contributed by atoms with E-state index in [0.717, 1.165) is 31.2 Å². The van der Waals surface area contributed by atoms with Crippen molar-refractivity contribution in [3.63, 3.8) is 0 Å². The van der Waals surface area contributed by atoms with Crippen LogP contribution in [-0.4, -0.2) is 52.9 Å². The van der Waals surface area contributed by atoms with Crippen molar-refractivity contribution >= 4 is 42.1 Å². The molecular weight excluding hydrogens is 319 g/mol. The first-order valence-corrected chi connectivity index (χ1v) is 7.17. The molecule has 1 amide bonds. The van der Waals surface area contributed by atoms with Gasteiger partial charge in [-0.1, -0.05) is 0 Å². The van der Waals surface area contributed by atoms with Gasteiger partial charge in [-0.25, -0.2) is 4.98 Å². The van der Waals surface area contributed by atoms with Crippen LogP contribution in [0.2, 0.25) is 0 Å². The largest absolute Gasteiger partial charge is 0.335 e. The van der Waals surface area contributed by atoms with Crippen molar-refractivity contribution in [3.8, 4) is 0 Å². The molecular formula is C12H22Cl2N4OS. The van der Waals surface area contributed by atoms with E-state index in [4.69, 9.17) is 5.73 Å². The van der Waals surface area contributed by atoms with E-state index in [1.807, 2.05) is 4.90 Å². The van der Waals surface area contributed by atoms with Crippen molar-refractivity contribution in [2.45, 2.75) is 26.4 Å². The molecule has 0 radical (unpaired) electrons. The number of amides is 1. The van der Waals surface area contributed by atoms with E-state index in [-0.39, 0.29) is 30.7 Å². The topological polar surface area (TPSA) is 62.5 Å². The molecule has 5 nitrogen and oxygen atoms in total. The zero-order valence-electron chi connectivity index (χ0n) is 11.7. The van der Waals surface area contributed by atoms with E-state index in [9.17, 15) is 4.79 Å². The van der Waals surface area contributed by atoms with Gasteiger partial charge in [0.1, 0.15) is 10.7 Å². The summed E-state index contributed by atoms with van der Waals surface area (Å²) in [5, 5.41) is 2.62. The molecule has 2 rings (SSSR count). The number of piperazine rings is 1. The van der Waals surface area contributed by atoms with Gasteiger partial charge in [-0.05, 0) is 13.8 Å². The normalized spacial score (nSPS) is 15.7. The van der Waals surface area contributed by atoms with Gasteiger partial charge >= 0.3 is 0 Å². The molecule has 1 saturated heterocycles. The average molecular weight is 341 g/mol. The number of hydrogen-bond donors (Lipinski definition) is 1. The van der Waals surface area contributed by atoms with Crippen LogP contribution in [-0.2, 0) is 6.54 Å². The molecule has 0 aromatic carbocycles. The van der Waals surface area contributed by atoms with Gasteiger partial charge in [0.25, 0.3) is 5.91 Å². The fourth-order valence-electron chi connectivity index (χ4n) is 2.11. The van der Waals surface area contributed by atoms with Gasteiger partial charge in [0.15, 0.2) is 0 Å². The molecule has 0 atom stereocenters. The quantitative estimate of drug-likeness (QED) is 0.907. The number of thiazole rings is 1. The minimum Gasteiger partial charge on any atom is -0.335 e. The predicted octanol–water partition coefficient (Wildman–Crippen LogP) is 1.61. The van der Waals surface area contributed by atoms with Gasteiger partial charge in [0.2, 0.25) is 0 Å². The highest BCUT2D eigenvalue weighted by molar-refractivity contribution is 7.09. The van der Waals surface area contributed by atoms with Crippen LogP contribution in [0.25, 0.3) is 0 Å². The van der Waals surface area contributed by atoms with Crippen LogP contribution in [0.4, 0.5) is 0 Å². The van der Waals surface area contributed by atoms with Gasteiger partial charge < -0.3 is 10.6 Å². The van der Waals surface area contributed by atoms with Crippen LogP contribution < -0.4 is 5.73 Å². The fraction of sp³-hybridized carbons (Fsp3) is 0.667. The maximum atomic E-state index is 12.2. The van der Waals surface area contributed by atoms with E-state index in [0.29, 0.717) is 18.3 Å². The Morgan fingerprint density at radius 3 is 2.40 bits per heavy atom. The lowest BCUT2D eigenvalue weighted by molar-refractivity contribution is 0.0590. The third-order valence-corrected chi connectivity index (χ3v) is 4.15. The van der Waals surface area contributed by atoms with Crippen molar-refractivity contribution in [1.29, 1.82) is 0 Å². The van der Waals surface area contributed by atoms with Crippen molar-refractivity contribution < 1.29 is 4.79 Å². The lowest BCUT2D eigenvalue weighted by atomic mass is 10.2. The molecule has 0 spiro atoms. The van der Waals surface area contributed by atoms with Gasteiger partial charge in [0.05, 0.1) is 0 Å². The maximum absolute atomic E-state index is 12.2. The van der Waals surface area contributed by atoms with Crippen LogP contribution >= 0.6 is 36.2 Å². The molecule has 2 N–H and O–H groups in total. The van der Waals surface area contributed by atoms with Crippen LogP contribution in [0.3, 0.4) is 0 Å². The first-order chi connectivity index (χ1) is 8.61. The second kappa shape index (κ2) is 8.79. The molecule has 1 aromatic rings. The van der Waals surface area contributed by atoms with E-state index in [2.05, 4.69) is 23.7 Å². The molecule has 0 aliphatic carbocycles. The number of nitrogens with zero attached hydrogens (tertiary/aromatic N) is 3. The Morgan fingerprint density at radius 2 is 1.95 bits per heavy atom. The summed E-state index contributed by atoms with van der Waals surface area (Å²) in [5.41, 5.74) is 6.05. The van der Waals surface area contributed by atoms with E-state index in [1.165, 1.54) is 11.3 Å². The van der Waals surface area contributed by atoms with Crippen LogP contribution in [0.1, 0.15) is 29.3 Å². The van der Waals surface area contributed by atoms with Gasteiger partial charge in [-0.2, -0.15) is 0 Å². The molecule has 116 valence electrons. The predicted molar refractivity (Wildman–Crippen MR) is 87.1 cm³/mol. The summed E-state index contributed by atoms with van der Waals surface area (Å²) >= 11 is 1.45. The number of halogens is 2. The molecule has 0 saturated carbocycles. The summed E-state index contributed by atoms with van der Waals surface area (Å²) in [6.07, 6.45) is 0. The molecule has 20 heavy (non-hydrogen) atoms. The van der Waals surface area contributed by atoms with Crippen LogP contribution in [0, 0.1) is 0 Å². The van der Waals surface area contributed by atoms with E-state index < -0.39 is 0 Å². The van der Waals surface area contributed by atoms with E-state index in [1.54, 1.807) is 5.38 Å². The zero-order valence-corrected chi connectivity index (χ0v) is 14.2. The lowest BCUT2D eigenvalue weighted by Gasteiger charge is -2.36. The Morgan fingerprint density at radius 1 is 1.35 bits per heavy atom. The van der Waals surface area contributed by atoms with Crippen molar-refractivity contribution in [3.05, 3.63) is 16.1 Å². The molecule has 0 unspecified atom stereocenters. The zero-order chi connectivity index (χ0) is 13.1. The van der Waals surface area contributed by atoms with Crippen molar-refractivity contribution in [1.82, 2.24) is 14.8 Å². The Hall–Kier alpha value is -0.400. The molecule has 1 aromatic heterocycles. The maximum Gasteiger partial charge on any atom is 0.273 e. The van der Waals surface area contributed by atoms with Crippen LogP contribution in [0.15, 0.2) is 5.38 Å². The summed E-state index contributed by atoms with van der Waals surface area (Å²) < 4.78 is 0. The minimum atomic E-state index is 0. The smallest absolute Gasteiger partial charge is 0.273 e. The average Bonchev–Trinajstić information content (AvgIpc) is 2.86. The number of aromatic nitrogens is 1. The number of carbonyl (C=O) groups is 1. The summed E-state index contributed by atoms with van der Waals surface area (Å²) in [6, 6.07) is 0.547. The fourth-order valence-corrected chi connectivity index (χ4v) is 2.75. The third-order valence-electron chi connectivity index (χ3n) is 3.28. The number of hydrogen-bond acceptors (Lipinski definition) is 5. The number of nitrogens with two attached hydrogens (primary N) is 1. The highest BCUT2D eigenvalue weighted by Gasteiger charge is 2.24. The van der Waals surface area contributed by atoms with Gasteiger partial charge in [-0.15, -0.1) is 36.2 Å². The summed E-state index contributed by atoms with van der Waals surface area (Å²) in [5.74, 6) is 0.0364. The summed E-state index contributed by atoms with van der Waals surface area (Å²) in [7, 11) is 0. The molecule has 0 bridgehead atoms. The number of carbonyl (C=O) groups excluding carboxylic acids is 1. The second-order valence-electron chi connectivity index (χ2n) is 4.75. The first kappa shape index (κ1) is 19.6. The van der Waals surface area contributed by atoms with Crippen molar-refractivity contribution in [2.75, 3.05) is 26.2 Å². The second-order valence-corrected chi connectivity index (χ2v) is 5.70. The monoisotopic (exact) mass is 340 g/mol. The lowest BCUT2D eigenvalue weighted by Crippen LogP contribution is -2.50. The van der Waals surface area contributed by atoms with Gasteiger partial charge in [0, 0.05) is 44.1 Å². The molecule has 2 heterocycles. The Bertz CT molecular complexity index is 419. The third kappa shape index (κ3) is 4.56. The minimum absolute atomic E-state index is 0. The highest BCUT2D eigenvalue weighted by atomic mass is 35.5. The molecule has 1 fully saturated rings. The van der Waals surface area contributed by atoms with Crippen LogP contribution in [0.5, 0.6) is 0 Å². The Kier molecular flexibility index (Phi) is 8.62. The SMILES string of the molecule is CC(C)N1CCN(C(=O)c2csc(CN)n2)CC1.Cl.Cl. The molecule has 8 heteroatoms. The van der Waals surface area contributed by atoms with Gasteiger partial charge in [-0.3, -0.25) is 9.69 Å².